The highest BCUT2D eigenvalue weighted by molar-refractivity contribution is 7.44. The number of nitriles is 1. The van der Waals surface area contributed by atoms with Gasteiger partial charge < -0.3 is 14.1 Å². The summed E-state index contributed by atoms with van der Waals surface area (Å²) in [6.45, 7) is 10.8. The zero-order chi connectivity index (χ0) is 16.8. The number of rotatable bonds is 14. The molecule has 0 aromatic carbocycles. The fourth-order valence-corrected chi connectivity index (χ4v) is 3.97. The predicted molar refractivity (Wildman–Crippen MR) is 97.3 cm³/mol. The van der Waals surface area contributed by atoms with Gasteiger partial charge in [-0.1, -0.05) is 22.2 Å². The third kappa shape index (κ3) is 10.8. The van der Waals surface area contributed by atoms with E-state index >= 15 is 0 Å². The Bertz CT molecular complexity index is 291. The van der Waals surface area contributed by atoms with Crippen LogP contribution in [-0.2, 0) is 9.05 Å². The van der Waals surface area contributed by atoms with Gasteiger partial charge in [0, 0.05) is 12.1 Å². The largest absolute Gasteiger partial charge is 0.322 e. The summed E-state index contributed by atoms with van der Waals surface area (Å²) in [6.07, 6.45) is 5.06. The lowest BCUT2D eigenvalue weighted by Gasteiger charge is -2.35. The Hall–Kier alpha value is 0.190. The van der Waals surface area contributed by atoms with Gasteiger partial charge in [-0.3, -0.25) is 0 Å². The smallest absolute Gasteiger partial charge is 0.259 e. The van der Waals surface area contributed by atoms with Crippen molar-refractivity contribution in [1.82, 2.24) is 9.76 Å². The molecule has 0 aliphatic carbocycles. The maximum absolute atomic E-state index is 8.67. The highest BCUT2D eigenvalue weighted by atomic mass is 31.2. The second-order valence-electron chi connectivity index (χ2n) is 5.75. The van der Waals surface area contributed by atoms with Crippen LogP contribution in [0.4, 0.5) is 0 Å². The van der Waals surface area contributed by atoms with E-state index in [9.17, 15) is 0 Å². The first-order valence-electron chi connectivity index (χ1n) is 8.19. The molecule has 0 aliphatic rings. The average Bonchev–Trinajstić information content (AvgIpc) is 2.45. The lowest BCUT2D eigenvalue weighted by atomic mass is 10.2. The minimum absolute atomic E-state index is 0.362. The van der Waals surface area contributed by atoms with Gasteiger partial charge in [0.1, 0.15) is 0 Å². The topological polar surface area (TPSA) is 57.5 Å². The first-order chi connectivity index (χ1) is 10.5. The molecule has 0 aliphatic heterocycles. The molecule has 0 radical (unpaired) electrons. The van der Waals surface area contributed by atoms with Crippen LogP contribution in [0.2, 0.25) is 0 Å². The summed E-state index contributed by atoms with van der Waals surface area (Å²) in [6, 6.07) is 2.84. The SMILES string of the molecule is CC(C)N(C(C)C)P(OCCC#N)OCCCCCCNP. The lowest BCUT2D eigenvalue weighted by molar-refractivity contribution is 0.174. The van der Waals surface area contributed by atoms with Crippen LogP contribution in [0, 0.1) is 11.3 Å². The maximum Gasteiger partial charge on any atom is 0.259 e. The first-order valence-corrected chi connectivity index (χ1v) is 9.90. The van der Waals surface area contributed by atoms with Crippen LogP contribution < -0.4 is 5.09 Å². The molecular weight excluding hydrogens is 316 g/mol. The van der Waals surface area contributed by atoms with Gasteiger partial charge in [-0.2, -0.15) is 5.26 Å². The van der Waals surface area contributed by atoms with E-state index in [4.69, 9.17) is 14.3 Å². The molecule has 2 atom stereocenters. The monoisotopic (exact) mass is 349 g/mol. The molecule has 7 heteroatoms. The number of hydrogen-bond donors (Lipinski definition) is 1. The summed E-state index contributed by atoms with van der Waals surface area (Å²) in [4.78, 5) is 0. The van der Waals surface area contributed by atoms with Crippen molar-refractivity contribution in [2.75, 3.05) is 19.8 Å². The van der Waals surface area contributed by atoms with E-state index < -0.39 is 8.53 Å². The average molecular weight is 349 g/mol. The van der Waals surface area contributed by atoms with Crippen molar-refractivity contribution in [3.8, 4) is 6.07 Å². The summed E-state index contributed by atoms with van der Waals surface area (Å²) >= 11 is 0. The highest BCUT2D eigenvalue weighted by Crippen LogP contribution is 2.46. The van der Waals surface area contributed by atoms with Crippen molar-refractivity contribution in [3.63, 3.8) is 0 Å². The standard InChI is InChI=1S/C15H33N3O2P2/c1-14(2)18(15(3)4)22(20-13-9-10-16)19-12-8-6-5-7-11-17-21/h14-15,17H,5-9,11-13,21H2,1-4H3. The maximum atomic E-state index is 8.67. The Morgan fingerprint density at radius 1 is 1.05 bits per heavy atom. The molecule has 0 fully saturated rings. The van der Waals surface area contributed by atoms with Gasteiger partial charge in [-0.15, -0.1) is 0 Å². The Morgan fingerprint density at radius 3 is 2.18 bits per heavy atom. The normalized spacial score (nSPS) is 13.0. The summed E-state index contributed by atoms with van der Waals surface area (Å²) in [5.74, 6) is 0. The van der Waals surface area contributed by atoms with Crippen LogP contribution in [0.15, 0.2) is 0 Å². The van der Waals surface area contributed by atoms with E-state index in [1.807, 2.05) is 0 Å². The fourth-order valence-electron chi connectivity index (χ4n) is 2.14. The van der Waals surface area contributed by atoms with Gasteiger partial charge in [-0.05, 0) is 47.1 Å². The van der Waals surface area contributed by atoms with Crippen LogP contribution in [0.1, 0.15) is 59.8 Å². The molecule has 5 nitrogen and oxygen atoms in total. The van der Waals surface area contributed by atoms with Crippen LogP contribution in [0.5, 0.6) is 0 Å². The molecule has 22 heavy (non-hydrogen) atoms. The van der Waals surface area contributed by atoms with Crippen molar-refractivity contribution < 1.29 is 9.05 Å². The van der Waals surface area contributed by atoms with Gasteiger partial charge in [0.25, 0.3) is 8.53 Å². The van der Waals surface area contributed by atoms with Gasteiger partial charge in [0.2, 0.25) is 0 Å². The van der Waals surface area contributed by atoms with Gasteiger partial charge in [0.05, 0.1) is 25.7 Å². The third-order valence-corrected chi connectivity index (χ3v) is 5.48. The lowest BCUT2D eigenvalue weighted by Crippen LogP contribution is -2.33. The minimum Gasteiger partial charge on any atom is -0.322 e. The predicted octanol–water partition coefficient (Wildman–Crippen LogP) is 4.22. The van der Waals surface area contributed by atoms with E-state index in [1.54, 1.807) is 0 Å². The van der Waals surface area contributed by atoms with Crippen molar-refractivity contribution in [2.24, 2.45) is 0 Å². The molecule has 0 saturated carbocycles. The van der Waals surface area contributed by atoms with Crippen molar-refractivity contribution in [3.05, 3.63) is 0 Å². The second-order valence-corrected chi connectivity index (χ2v) is 7.61. The van der Waals surface area contributed by atoms with Crippen molar-refractivity contribution >= 4 is 17.9 Å². The molecule has 2 unspecified atom stereocenters. The van der Waals surface area contributed by atoms with E-state index in [2.05, 4.69) is 52.9 Å². The molecule has 0 heterocycles. The summed E-state index contributed by atoms with van der Waals surface area (Å²) in [7, 11) is 1.45. The summed E-state index contributed by atoms with van der Waals surface area (Å²) in [5.41, 5.74) is 0. The minimum atomic E-state index is -1.08. The Kier molecular flexibility index (Phi) is 14.9. The Morgan fingerprint density at radius 2 is 1.64 bits per heavy atom. The van der Waals surface area contributed by atoms with Gasteiger partial charge in [0.15, 0.2) is 0 Å². The molecule has 0 bridgehead atoms. The zero-order valence-corrected chi connectivity index (χ0v) is 16.6. The highest BCUT2D eigenvalue weighted by Gasteiger charge is 2.26. The molecule has 0 amide bonds. The zero-order valence-electron chi connectivity index (χ0n) is 14.5. The molecule has 1 N–H and O–H groups in total. The number of hydrogen-bond acceptors (Lipinski definition) is 5. The molecule has 0 aromatic heterocycles. The molecule has 0 saturated heterocycles. The Balaban J connectivity index is 4.20. The second kappa shape index (κ2) is 14.8. The molecule has 0 aromatic rings. The van der Waals surface area contributed by atoms with Crippen molar-refractivity contribution in [2.45, 2.75) is 71.9 Å². The summed E-state index contributed by atoms with van der Waals surface area (Å²) in [5, 5.41) is 11.8. The van der Waals surface area contributed by atoms with Crippen LogP contribution in [-0.4, -0.2) is 36.5 Å². The molecular formula is C15H33N3O2P2. The number of unbranched alkanes of at least 4 members (excludes halogenated alkanes) is 3. The van der Waals surface area contributed by atoms with E-state index in [1.165, 1.54) is 19.3 Å². The van der Waals surface area contributed by atoms with Crippen LogP contribution in [0.25, 0.3) is 0 Å². The van der Waals surface area contributed by atoms with Crippen molar-refractivity contribution in [1.29, 1.82) is 5.26 Å². The van der Waals surface area contributed by atoms with Crippen LogP contribution >= 0.6 is 17.9 Å². The van der Waals surface area contributed by atoms with Gasteiger partial charge >= 0.3 is 0 Å². The molecule has 130 valence electrons. The Labute approximate surface area is 140 Å². The fraction of sp³-hybridized carbons (Fsp3) is 0.933. The van der Waals surface area contributed by atoms with E-state index in [-0.39, 0.29) is 0 Å². The summed E-state index contributed by atoms with van der Waals surface area (Å²) < 4.78 is 14.1. The number of nitrogens with one attached hydrogen (secondary N) is 1. The van der Waals surface area contributed by atoms with E-state index in [0.29, 0.717) is 25.1 Å². The van der Waals surface area contributed by atoms with Gasteiger partial charge in [-0.25, -0.2) is 4.67 Å². The first kappa shape index (κ1) is 22.2. The molecule has 0 rings (SSSR count). The van der Waals surface area contributed by atoms with Crippen LogP contribution in [0.3, 0.4) is 0 Å². The van der Waals surface area contributed by atoms with E-state index in [0.717, 1.165) is 19.6 Å². The third-order valence-electron chi connectivity index (χ3n) is 3.08. The molecule has 0 spiro atoms. The quantitative estimate of drug-likeness (QED) is 0.376. The number of nitrogens with zero attached hydrogens (tertiary/aromatic N) is 2.